The molecular formula is C14H13FN2O3. The highest BCUT2D eigenvalue weighted by atomic mass is 19.1. The number of halogens is 1. The van der Waals surface area contributed by atoms with Crippen LogP contribution < -0.4 is 0 Å². The maximum atomic E-state index is 12.8. The fraction of sp³-hybridized carbons (Fsp3) is 0.214. The number of benzene rings is 1. The first-order valence-electron chi connectivity index (χ1n) is 6.11. The summed E-state index contributed by atoms with van der Waals surface area (Å²) in [4.78, 5) is 15.3. The quantitative estimate of drug-likeness (QED) is 0.620. The molecule has 2 rings (SSSR count). The summed E-state index contributed by atoms with van der Waals surface area (Å²) in [6, 6.07) is 5.66. The Kier molecular flexibility index (Phi) is 4.60. The average molecular weight is 276 g/mol. The molecule has 1 aromatic heterocycles. The van der Waals surface area contributed by atoms with Gasteiger partial charge in [-0.2, -0.15) is 4.98 Å². The Morgan fingerprint density at radius 1 is 1.40 bits per heavy atom. The Balaban J connectivity index is 1.97. The maximum absolute atomic E-state index is 12.8. The summed E-state index contributed by atoms with van der Waals surface area (Å²) in [5, 5.41) is 3.69. The van der Waals surface area contributed by atoms with Gasteiger partial charge in [-0.25, -0.2) is 9.18 Å². The van der Waals surface area contributed by atoms with Crippen molar-refractivity contribution in [2.24, 2.45) is 0 Å². The van der Waals surface area contributed by atoms with Crippen molar-refractivity contribution in [1.82, 2.24) is 10.1 Å². The predicted octanol–water partition coefficient (Wildman–Crippen LogP) is 2.89. The molecule has 0 N–H and O–H groups in total. The average Bonchev–Trinajstić information content (AvgIpc) is 2.92. The van der Waals surface area contributed by atoms with E-state index in [4.69, 9.17) is 9.26 Å². The van der Waals surface area contributed by atoms with Crippen molar-refractivity contribution in [3.8, 4) is 11.5 Å². The minimum atomic E-state index is -0.458. The van der Waals surface area contributed by atoms with Gasteiger partial charge < -0.3 is 9.26 Å². The van der Waals surface area contributed by atoms with Crippen LogP contribution in [0.2, 0.25) is 0 Å². The molecule has 0 aliphatic rings. The van der Waals surface area contributed by atoms with Crippen LogP contribution in [0.1, 0.15) is 19.2 Å². The zero-order valence-corrected chi connectivity index (χ0v) is 10.9. The van der Waals surface area contributed by atoms with Gasteiger partial charge >= 0.3 is 5.97 Å². The van der Waals surface area contributed by atoms with E-state index in [2.05, 4.69) is 10.1 Å². The molecule has 2 aromatic rings. The molecule has 0 radical (unpaired) electrons. The minimum Gasteiger partial charge on any atom is -0.454 e. The first-order chi connectivity index (χ1) is 9.69. The van der Waals surface area contributed by atoms with Gasteiger partial charge in [0.05, 0.1) is 0 Å². The number of aromatic nitrogens is 2. The molecule has 0 spiro atoms. The zero-order valence-electron chi connectivity index (χ0n) is 10.9. The summed E-state index contributed by atoms with van der Waals surface area (Å²) in [5.74, 6) is -0.298. The molecule has 0 atom stereocenters. The molecule has 20 heavy (non-hydrogen) atoms. The van der Waals surface area contributed by atoms with E-state index >= 15 is 0 Å². The lowest BCUT2D eigenvalue weighted by Crippen LogP contribution is -2.01. The molecule has 104 valence electrons. The number of hydrogen-bond donors (Lipinski definition) is 0. The molecule has 0 saturated carbocycles. The highest BCUT2D eigenvalue weighted by molar-refractivity contribution is 5.81. The second-order valence-corrected chi connectivity index (χ2v) is 3.94. The number of nitrogens with zero attached hydrogens (tertiary/aromatic N) is 2. The molecule has 1 aromatic carbocycles. The molecule has 0 fully saturated rings. The van der Waals surface area contributed by atoms with Gasteiger partial charge in [0.15, 0.2) is 6.61 Å². The number of carbonyl (C=O) groups is 1. The molecule has 6 heteroatoms. The topological polar surface area (TPSA) is 65.2 Å². The first kappa shape index (κ1) is 13.9. The van der Waals surface area contributed by atoms with Gasteiger partial charge in [0.25, 0.3) is 5.89 Å². The van der Waals surface area contributed by atoms with Crippen LogP contribution in [0.15, 0.2) is 40.9 Å². The van der Waals surface area contributed by atoms with Crippen LogP contribution >= 0.6 is 0 Å². The highest BCUT2D eigenvalue weighted by Gasteiger charge is 2.10. The van der Waals surface area contributed by atoms with Crippen molar-refractivity contribution >= 4 is 5.97 Å². The van der Waals surface area contributed by atoms with Crippen LogP contribution in [0, 0.1) is 5.82 Å². The monoisotopic (exact) mass is 276 g/mol. The van der Waals surface area contributed by atoms with E-state index in [1.54, 1.807) is 6.08 Å². The van der Waals surface area contributed by atoms with E-state index in [0.717, 1.165) is 6.42 Å². The van der Waals surface area contributed by atoms with Crippen molar-refractivity contribution in [3.05, 3.63) is 48.1 Å². The smallest absolute Gasteiger partial charge is 0.330 e. The number of ether oxygens (including phenoxy) is 1. The van der Waals surface area contributed by atoms with Gasteiger partial charge in [0, 0.05) is 11.6 Å². The number of hydrogen-bond acceptors (Lipinski definition) is 5. The van der Waals surface area contributed by atoms with Crippen LogP contribution in [0.25, 0.3) is 11.5 Å². The SMILES string of the molecule is CC/C=C/C(=O)OCc1noc(-c2ccc(F)cc2)n1. The second kappa shape index (κ2) is 6.60. The Morgan fingerprint density at radius 2 is 2.15 bits per heavy atom. The first-order valence-corrected chi connectivity index (χ1v) is 6.11. The lowest BCUT2D eigenvalue weighted by Gasteiger charge is -1.96. The molecule has 1 heterocycles. The van der Waals surface area contributed by atoms with Crippen LogP contribution in [0.5, 0.6) is 0 Å². The van der Waals surface area contributed by atoms with Gasteiger partial charge in [-0.15, -0.1) is 0 Å². The second-order valence-electron chi connectivity index (χ2n) is 3.94. The molecule has 5 nitrogen and oxygen atoms in total. The van der Waals surface area contributed by atoms with E-state index in [0.29, 0.717) is 5.56 Å². The zero-order chi connectivity index (χ0) is 14.4. The minimum absolute atomic E-state index is 0.0718. The predicted molar refractivity (Wildman–Crippen MR) is 68.9 cm³/mol. The summed E-state index contributed by atoms with van der Waals surface area (Å²) >= 11 is 0. The van der Waals surface area contributed by atoms with E-state index in [1.165, 1.54) is 30.3 Å². The summed E-state index contributed by atoms with van der Waals surface area (Å²) in [7, 11) is 0. The van der Waals surface area contributed by atoms with Crippen molar-refractivity contribution in [2.75, 3.05) is 0 Å². The molecule has 0 bridgehead atoms. The summed E-state index contributed by atoms with van der Waals surface area (Å²) in [6.45, 7) is 1.84. The number of carbonyl (C=O) groups excluding carboxylic acids is 1. The molecule has 0 aliphatic carbocycles. The van der Waals surface area contributed by atoms with E-state index in [-0.39, 0.29) is 24.1 Å². The van der Waals surface area contributed by atoms with Gasteiger partial charge in [-0.3, -0.25) is 0 Å². The fourth-order valence-electron chi connectivity index (χ4n) is 1.42. The van der Waals surface area contributed by atoms with Gasteiger partial charge in [0.2, 0.25) is 5.82 Å². The number of rotatable bonds is 5. The number of allylic oxidation sites excluding steroid dienone is 1. The largest absolute Gasteiger partial charge is 0.454 e. The fourth-order valence-corrected chi connectivity index (χ4v) is 1.42. The molecule has 0 saturated heterocycles. The van der Waals surface area contributed by atoms with Crippen LogP contribution in [-0.2, 0) is 16.1 Å². The Bertz CT molecular complexity index is 605. The number of esters is 1. The van der Waals surface area contributed by atoms with E-state index < -0.39 is 5.97 Å². The summed E-state index contributed by atoms with van der Waals surface area (Å²) in [6.07, 6.45) is 3.80. The van der Waals surface area contributed by atoms with Crippen LogP contribution in [0.3, 0.4) is 0 Å². The van der Waals surface area contributed by atoms with Crippen LogP contribution in [0.4, 0.5) is 4.39 Å². The molecular weight excluding hydrogens is 263 g/mol. The molecule has 0 aliphatic heterocycles. The van der Waals surface area contributed by atoms with Crippen molar-refractivity contribution in [1.29, 1.82) is 0 Å². The Hall–Kier alpha value is -2.50. The lowest BCUT2D eigenvalue weighted by molar-refractivity contribution is -0.139. The summed E-state index contributed by atoms with van der Waals surface area (Å²) in [5.41, 5.74) is 0.599. The van der Waals surface area contributed by atoms with Crippen molar-refractivity contribution < 1.29 is 18.4 Å². The van der Waals surface area contributed by atoms with Crippen molar-refractivity contribution in [2.45, 2.75) is 20.0 Å². The molecule has 0 amide bonds. The van der Waals surface area contributed by atoms with E-state index in [1.807, 2.05) is 6.92 Å². The lowest BCUT2D eigenvalue weighted by atomic mass is 10.2. The maximum Gasteiger partial charge on any atom is 0.330 e. The van der Waals surface area contributed by atoms with E-state index in [9.17, 15) is 9.18 Å². The van der Waals surface area contributed by atoms with Crippen LogP contribution in [-0.4, -0.2) is 16.1 Å². The normalized spacial score (nSPS) is 10.9. The Labute approximate surface area is 115 Å². The van der Waals surface area contributed by atoms with Gasteiger partial charge in [-0.1, -0.05) is 18.2 Å². The third kappa shape index (κ3) is 3.74. The Morgan fingerprint density at radius 3 is 2.85 bits per heavy atom. The van der Waals surface area contributed by atoms with Crippen molar-refractivity contribution in [3.63, 3.8) is 0 Å². The van der Waals surface area contributed by atoms with Gasteiger partial charge in [-0.05, 0) is 30.7 Å². The standard InChI is InChI=1S/C14H13FN2O3/c1-2-3-4-13(18)19-9-12-16-14(20-17-12)10-5-7-11(15)8-6-10/h3-8H,2,9H2,1H3/b4-3+. The third-order valence-corrected chi connectivity index (χ3v) is 2.39. The molecule has 0 unspecified atom stereocenters. The highest BCUT2D eigenvalue weighted by Crippen LogP contribution is 2.17. The summed E-state index contributed by atoms with van der Waals surface area (Å²) < 4.78 is 22.7. The van der Waals surface area contributed by atoms with Gasteiger partial charge in [0.1, 0.15) is 5.82 Å². The third-order valence-electron chi connectivity index (χ3n) is 2.39.